The molecule has 0 aromatic heterocycles. The van der Waals surface area contributed by atoms with Crippen molar-refractivity contribution in [3.05, 3.63) is 35.9 Å². The fourth-order valence-electron chi connectivity index (χ4n) is 1.43. The first-order valence-electron chi connectivity index (χ1n) is 6.45. The van der Waals surface area contributed by atoms with Gasteiger partial charge in [-0.3, -0.25) is 0 Å². The molecule has 4 heteroatoms. The summed E-state index contributed by atoms with van der Waals surface area (Å²) >= 11 is 0. The number of carbonyl (C=O) groups excluding carboxylic acids is 1. The van der Waals surface area contributed by atoms with Crippen molar-refractivity contribution in [2.45, 2.75) is 19.8 Å². The maximum absolute atomic E-state index is 11.1. The molecule has 0 saturated carbocycles. The number of unbranched alkanes of at least 4 members (excludes halogenated alkanes) is 1. The van der Waals surface area contributed by atoms with E-state index in [-0.39, 0.29) is 12.6 Å². The van der Waals surface area contributed by atoms with Crippen LogP contribution in [0, 0.1) is 0 Å². The Labute approximate surface area is 113 Å². The van der Waals surface area contributed by atoms with Crippen molar-refractivity contribution in [2.75, 3.05) is 19.8 Å². The summed E-state index contributed by atoms with van der Waals surface area (Å²) in [5, 5.41) is 8.64. The standard InChI is InChI=1S/C15H20O4/c1-2-18-15(17)10-7-13-5-8-14(9-6-13)19-12-4-3-11-16/h5-10,16H,2-4,11-12H2,1H3. The number of hydrogen-bond donors (Lipinski definition) is 1. The number of rotatable bonds is 8. The summed E-state index contributed by atoms with van der Waals surface area (Å²) in [7, 11) is 0. The fraction of sp³-hybridized carbons (Fsp3) is 0.400. The number of aliphatic hydroxyl groups excluding tert-OH is 1. The van der Waals surface area contributed by atoms with Gasteiger partial charge in [0.25, 0.3) is 0 Å². The molecule has 1 rings (SSSR count). The Balaban J connectivity index is 2.40. The van der Waals surface area contributed by atoms with Crippen molar-refractivity contribution in [2.24, 2.45) is 0 Å². The molecule has 1 aromatic carbocycles. The molecule has 1 aromatic rings. The van der Waals surface area contributed by atoms with Gasteiger partial charge in [0.15, 0.2) is 0 Å². The summed E-state index contributed by atoms with van der Waals surface area (Å²) in [5.74, 6) is 0.443. The molecule has 0 aliphatic carbocycles. The minimum absolute atomic E-state index is 0.195. The van der Waals surface area contributed by atoms with E-state index in [4.69, 9.17) is 14.6 Å². The molecule has 0 bridgehead atoms. The van der Waals surface area contributed by atoms with Crippen molar-refractivity contribution < 1.29 is 19.4 Å². The lowest BCUT2D eigenvalue weighted by Crippen LogP contribution is -1.99. The van der Waals surface area contributed by atoms with Crippen LogP contribution in [0.25, 0.3) is 6.08 Å². The van der Waals surface area contributed by atoms with E-state index < -0.39 is 0 Å². The van der Waals surface area contributed by atoms with Gasteiger partial charge >= 0.3 is 5.97 Å². The predicted molar refractivity (Wildman–Crippen MR) is 73.9 cm³/mol. The molecular weight excluding hydrogens is 244 g/mol. The first kappa shape index (κ1) is 15.2. The highest BCUT2D eigenvalue weighted by Gasteiger charge is 1.96. The highest BCUT2D eigenvalue weighted by Crippen LogP contribution is 2.13. The molecule has 0 aliphatic heterocycles. The molecule has 0 aliphatic rings. The van der Waals surface area contributed by atoms with Crippen molar-refractivity contribution in [1.82, 2.24) is 0 Å². The van der Waals surface area contributed by atoms with Crippen molar-refractivity contribution in [3.8, 4) is 5.75 Å². The summed E-state index contributed by atoms with van der Waals surface area (Å²) in [6, 6.07) is 7.45. The summed E-state index contributed by atoms with van der Waals surface area (Å²) in [6.07, 6.45) is 4.69. The number of esters is 1. The first-order chi connectivity index (χ1) is 9.26. The van der Waals surface area contributed by atoms with Crippen LogP contribution in [0.4, 0.5) is 0 Å². The Morgan fingerprint density at radius 3 is 2.63 bits per heavy atom. The molecule has 0 unspecified atom stereocenters. The van der Waals surface area contributed by atoms with Gasteiger partial charge in [0.1, 0.15) is 5.75 Å². The van der Waals surface area contributed by atoms with Gasteiger partial charge in [0.2, 0.25) is 0 Å². The van der Waals surface area contributed by atoms with Gasteiger partial charge in [-0.05, 0) is 43.5 Å². The highest BCUT2D eigenvalue weighted by molar-refractivity contribution is 5.87. The molecular formula is C15H20O4. The Hall–Kier alpha value is -1.81. The summed E-state index contributed by atoms with van der Waals surface area (Å²) in [5.41, 5.74) is 0.913. The molecule has 1 N–H and O–H groups in total. The number of aliphatic hydroxyl groups is 1. The molecule has 0 heterocycles. The topological polar surface area (TPSA) is 55.8 Å². The van der Waals surface area contributed by atoms with Crippen LogP contribution in [0.1, 0.15) is 25.3 Å². The second-order valence-corrected chi connectivity index (χ2v) is 3.93. The summed E-state index contributed by atoms with van der Waals surface area (Å²) < 4.78 is 10.3. The van der Waals surface area contributed by atoms with Crippen LogP contribution in [0.5, 0.6) is 5.75 Å². The van der Waals surface area contributed by atoms with E-state index in [1.54, 1.807) is 13.0 Å². The smallest absolute Gasteiger partial charge is 0.330 e. The zero-order chi connectivity index (χ0) is 13.9. The Bertz CT molecular complexity index is 395. The molecule has 104 valence electrons. The number of carbonyl (C=O) groups is 1. The van der Waals surface area contributed by atoms with Crippen LogP contribution in [-0.4, -0.2) is 30.9 Å². The minimum atomic E-state index is -0.341. The minimum Gasteiger partial charge on any atom is -0.494 e. The van der Waals surface area contributed by atoms with E-state index in [9.17, 15) is 4.79 Å². The van der Waals surface area contributed by atoms with E-state index in [1.165, 1.54) is 6.08 Å². The van der Waals surface area contributed by atoms with E-state index >= 15 is 0 Å². The third-order valence-electron chi connectivity index (χ3n) is 2.40. The van der Waals surface area contributed by atoms with E-state index in [2.05, 4.69) is 0 Å². The van der Waals surface area contributed by atoms with Gasteiger partial charge in [-0.1, -0.05) is 12.1 Å². The van der Waals surface area contributed by atoms with Crippen molar-refractivity contribution in [3.63, 3.8) is 0 Å². The van der Waals surface area contributed by atoms with Crippen LogP contribution in [-0.2, 0) is 9.53 Å². The normalized spacial score (nSPS) is 10.6. The third kappa shape index (κ3) is 6.62. The van der Waals surface area contributed by atoms with Crippen LogP contribution in [0.3, 0.4) is 0 Å². The van der Waals surface area contributed by atoms with Crippen molar-refractivity contribution >= 4 is 12.0 Å². The zero-order valence-electron chi connectivity index (χ0n) is 11.2. The molecule has 0 fully saturated rings. The fourth-order valence-corrected chi connectivity index (χ4v) is 1.43. The van der Waals surface area contributed by atoms with Crippen LogP contribution >= 0.6 is 0 Å². The lowest BCUT2D eigenvalue weighted by molar-refractivity contribution is -0.137. The van der Waals surface area contributed by atoms with Gasteiger partial charge in [-0.25, -0.2) is 4.79 Å². The summed E-state index contributed by atoms with van der Waals surface area (Å²) in [4.78, 5) is 11.1. The lowest BCUT2D eigenvalue weighted by atomic mass is 10.2. The van der Waals surface area contributed by atoms with E-state index in [0.29, 0.717) is 13.2 Å². The first-order valence-corrected chi connectivity index (χ1v) is 6.45. The van der Waals surface area contributed by atoms with Crippen LogP contribution in [0.15, 0.2) is 30.3 Å². The number of hydrogen-bond acceptors (Lipinski definition) is 4. The molecule has 0 saturated heterocycles. The van der Waals surface area contributed by atoms with Gasteiger partial charge in [0.05, 0.1) is 13.2 Å². The SMILES string of the molecule is CCOC(=O)C=Cc1ccc(OCCCCO)cc1. The average molecular weight is 264 g/mol. The quantitative estimate of drug-likeness (QED) is 0.445. The van der Waals surface area contributed by atoms with Crippen LogP contribution < -0.4 is 4.74 Å². The second kappa shape index (κ2) is 9.16. The van der Waals surface area contributed by atoms with Crippen LogP contribution in [0.2, 0.25) is 0 Å². The Morgan fingerprint density at radius 2 is 2.00 bits per heavy atom. The maximum Gasteiger partial charge on any atom is 0.330 e. The van der Waals surface area contributed by atoms with E-state index in [1.807, 2.05) is 24.3 Å². The molecule has 19 heavy (non-hydrogen) atoms. The molecule has 0 amide bonds. The molecule has 0 atom stereocenters. The van der Waals surface area contributed by atoms with Crippen molar-refractivity contribution in [1.29, 1.82) is 0 Å². The molecule has 0 spiro atoms. The molecule has 0 radical (unpaired) electrons. The van der Waals surface area contributed by atoms with Gasteiger partial charge in [0, 0.05) is 12.7 Å². The largest absolute Gasteiger partial charge is 0.494 e. The molecule has 4 nitrogen and oxygen atoms in total. The highest BCUT2D eigenvalue weighted by atomic mass is 16.5. The maximum atomic E-state index is 11.1. The third-order valence-corrected chi connectivity index (χ3v) is 2.40. The lowest BCUT2D eigenvalue weighted by Gasteiger charge is -2.05. The van der Waals surface area contributed by atoms with E-state index in [0.717, 1.165) is 24.2 Å². The number of ether oxygens (including phenoxy) is 2. The zero-order valence-corrected chi connectivity index (χ0v) is 11.2. The predicted octanol–water partition coefficient (Wildman–Crippen LogP) is 2.41. The van der Waals surface area contributed by atoms with Gasteiger partial charge in [-0.2, -0.15) is 0 Å². The average Bonchev–Trinajstić information content (AvgIpc) is 2.43. The van der Waals surface area contributed by atoms with Gasteiger partial charge in [-0.15, -0.1) is 0 Å². The second-order valence-electron chi connectivity index (χ2n) is 3.93. The monoisotopic (exact) mass is 264 g/mol. The number of benzene rings is 1. The Kier molecular flexibility index (Phi) is 7.35. The summed E-state index contributed by atoms with van der Waals surface area (Å²) in [6.45, 7) is 2.94. The Morgan fingerprint density at radius 1 is 1.26 bits per heavy atom. The van der Waals surface area contributed by atoms with Gasteiger partial charge < -0.3 is 14.6 Å².